The van der Waals surface area contributed by atoms with Crippen LogP contribution in [0.4, 0.5) is 0 Å². The Morgan fingerprint density at radius 1 is 1.20 bits per heavy atom. The van der Waals surface area contributed by atoms with Gasteiger partial charge in [-0.2, -0.15) is 0 Å². The normalized spacial score (nSPS) is 12.9. The third kappa shape index (κ3) is 3.24. The third-order valence-corrected chi connectivity index (χ3v) is 2.61. The van der Waals surface area contributed by atoms with Crippen molar-refractivity contribution < 1.29 is 4.74 Å². The molecule has 0 radical (unpaired) electrons. The van der Waals surface area contributed by atoms with E-state index in [2.05, 4.69) is 13.8 Å². The van der Waals surface area contributed by atoms with Crippen LogP contribution in [-0.2, 0) is 0 Å². The van der Waals surface area contributed by atoms with Gasteiger partial charge in [-0.15, -0.1) is 0 Å². The van der Waals surface area contributed by atoms with Crippen molar-refractivity contribution in [3.05, 3.63) is 29.8 Å². The van der Waals surface area contributed by atoms with Gasteiger partial charge in [0.25, 0.3) is 0 Å². The first kappa shape index (κ1) is 12.1. The molecule has 0 amide bonds. The lowest BCUT2D eigenvalue weighted by Crippen LogP contribution is -2.16. The molecule has 1 aromatic rings. The molecule has 0 spiro atoms. The highest BCUT2D eigenvalue weighted by molar-refractivity contribution is 5.35. The minimum absolute atomic E-state index is 0.0237. The van der Waals surface area contributed by atoms with Gasteiger partial charge in [-0.25, -0.2) is 0 Å². The van der Waals surface area contributed by atoms with E-state index < -0.39 is 0 Å². The molecule has 84 valence electrons. The Kier molecular flexibility index (Phi) is 4.63. The summed E-state index contributed by atoms with van der Waals surface area (Å²) in [6.45, 7) is 6.26. The van der Waals surface area contributed by atoms with Crippen molar-refractivity contribution in [1.29, 1.82) is 0 Å². The molecule has 2 N–H and O–H groups in total. The summed E-state index contributed by atoms with van der Waals surface area (Å²) in [6.07, 6.45) is 2.36. The van der Waals surface area contributed by atoms with E-state index in [4.69, 9.17) is 10.5 Å². The Bertz CT molecular complexity index is 292. The minimum atomic E-state index is 0.0237. The maximum Gasteiger partial charge on any atom is 0.124 e. The van der Waals surface area contributed by atoms with Crippen molar-refractivity contribution in [3.8, 4) is 5.75 Å². The largest absolute Gasteiger partial charge is 0.490 e. The van der Waals surface area contributed by atoms with Gasteiger partial charge in [0.2, 0.25) is 0 Å². The summed E-state index contributed by atoms with van der Waals surface area (Å²) in [4.78, 5) is 0. The van der Waals surface area contributed by atoms with Crippen LogP contribution in [0.3, 0.4) is 0 Å². The second kappa shape index (κ2) is 5.76. The Balaban J connectivity index is 2.83. The molecule has 2 heteroatoms. The molecule has 0 aliphatic carbocycles. The number of ether oxygens (including phenoxy) is 1. The molecular formula is C13H21NO. The van der Waals surface area contributed by atoms with Gasteiger partial charge in [-0.05, 0) is 25.8 Å². The number of benzene rings is 1. The monoisotopic (exact) mass is 207 g/mol. The zero-order valence-electron chi connectivity index (χ0n) is 9.86. The standard InChI is InChI=1S/C13H21NO/c1-4-11(5-2)15-13-9-7-6-8-12(13)10(3)14/h6-11H,4-5,14H2,1-3H3/t10-/m1/s1. The predicted octanol–water partition coefficient (Wildman–Crippen LogP) is 3.27. The molecule has 2 nitrogen and oxygen atoms in total. The van der Waals surface area contributed by atoms with E-state index in [1.165, 1.54) is 0 Å². The van der Waals surface area contributed by atoms with E-state index in [0.29, 0.717) is 6.10 Å². The molecule has 0 aliphatic rings. The van der Waals surface area contributed by atoms with Crippen LogP contribution in [0.1, 0.15) is 45.2 Å². The second-order valence-corrected chi connectivity index (χ2v) is 3.88. The average Bonchev–Trinajstić information content (AvgIpc) is 2.26. The first-order valence-electron chi connectivity index (χ1n) is 5.70. The minimum Gasteiger partial charge on any atom is -0.490 e. The number of hydrogen-bond acceptors (Lipinski definition) is 2. The highest BCUT2D eigenvalue weighted by atomic mass is 16.5. The van der Waals surface area contributed by atoms with Crippen LogP contribution >= 0.6 is 0 Å². The maximum atomic E-state index is 5.93. The molecule has 0 bridgehead atoms. The molecule has 15 heavy (non-hydrogen) atoms. The van der Waals surface area contributed by atoms with E-state index in [1.807, 2.05) is 31.2 Å². The van der Waals surface area contributed by atoms with Crippen molar-refractivity contribution in [2.45, 2.75) is 45.8 Å². The fourth-order valence-electron chi connectivity index (χ4n) is 1.60. The highest BCUT2D eigenvalue weighted by Crippen LogP contribution is 2.25. The number of hydrogen-bond donors (Lipinski definition) is 1. The molecule has 0 saturated heterocycles. The summed E-state index contributed by atoms with van der Waals surface area (Å²) in [7, 11) is 0. The van der Waals surface area contributed by atoms with Gasteiger partial charge in [0.05, 0.1) is 6.10 Å². The second-order valence-electron chi connectivity index (χ2n) is 3.88. The van der Waals surface area contributed by atoms with Crippen LogP contribution in [-0.4, -0.2) is 6.10 Å². The lowest BCUT2D eigenvalue weighted by Gasteiger charge is -2.19. The number of rotatable bonds is 5. The van der Waals surface area contributed by atoms with Crippen LogP contribution in [0.2, 0.25) is 0 Å². The quantitative estimate of drug-likeness (QED) is 0.804. The molecular weight excluding hydrogens is 186 g/mol. The molecule has 1 atom stereocenters. The van der Waals surface area contributed by atoms with Crippen molar-refractivity contribution in [2.24, 2.45) is 5.73 Å². The molecule has 0 saturated carbocycles. The molecule has 0 aliphatic heterocycles. The third-order valence-electron chi connectivity index (χ3n) is 2.61. The predicted molar refractivity (Wildman–Crippen MR) is 64.0 cm³/mol. The van der Waals surface area contributed by atoms with Crippen LogP contribution in [0.5, 0.6) is 5.75 Å². The summed E-state index contributed by atoms with van der Waals surface area (Å²) < 4.78 is 5.93. The van der Waals surface area contributed by atoms with Crippen molar-refractivity contribution in [1.82, 2.24) is 0 Å². The van der Waals surface area contributed by atoms with E-state index in [1.54, 1.807) is 0 Å². The fourth-order valence-corrected chi connectivity index (χ4v) is 1.60. The lowest BCUT2D eigenvalue weighted by atomic mass is 10.1. The smallest absolute Gasteiger partial charge is 0.124 e. The summed E-state index contributed by atoms with van der Waals surface area (Å²) in [6, 6.07) is 8.04. The Morgan fingerprint density at radius 2 is 1.80 bits per heavy atom. The van der Waals surface area contributed by atoms with Crippen molar-refractivity contribution in [2.75, 3.05) is 0 Å². The highest BCUT2D eigenvalue weighted by Gasteiger charge is 2.10. The Hall–Kier alpha value is -1.02. The summed E-state index contributed by atoms with van der Waals surface area (Å²) in [5.41, 5.74) is 6.98. The first-order chi connectivity index (χ1) is 7.19. The van der Waals surface area contributed by atoms with Crippen LogP contribution in [0, 0.1) is 0 Å². The van der Waals surface area contributed by atoms with E-state index in [9.17, 15) is 0 Å². The molecule has 0 aromatic heterocycles. The van der Waals surface area contributed by atoms with E-state index >= 15 is 0 Å². The first-order valence-corrected chi connectivity index (χ1v) is 5.70. The maximum absolute atomic E-state index is 5.93. The lowest BCUT2D eigenvalue weighted by molar-refractivity contribution is 0.190. The van der Waals surface area contributed by atoms with E-state index in [-0.39, 0.29) is 6.04 Å². The van der Waals surface area contributed by atoms with Crippen LogP contribution in [0.15, 0.2) is 24.3 Å². The van der Waals surface area contributed by atoms with Crippen LogP contribution < -0.4 is 10.5 Å². The van der Waals surface area contributed by atoms with Crippen molar-refractivity contribution >= 4 is 0 Å². The summed E-state index contributed by atoms with van der Waals surface area (Å²) in [5, 5.41) is 0. The molecule has 0 heterocycles. The average molecular weight is 207 g/mol. The zero-order chi connectivity index (χ0) is 11.3. The summed E-state index contributed by atoms with van der Waals surface area (Å²) in [5.74, 6) is 0.932. The molecule has 0 unspecified atom stereocenters. The zero-order valence-corrected chi connectivity index (χ0v) is 9.86. The fraction of sp³-hybridized carbons (Fsp3) is 0.538. The molecule has 0 fully saturated rings. The van der Waals surface area contributed by atoms with Gasteiger partial charge >= 0.3 is 0 Å². The number of para-hydroxylation sites is 1. The topological polar surface area (TPSA) is 35.2 Å². The Labute approximate surface area is 92.4 Å². The van der Waals surface area contributed by atoms with Gasteiger partial charge < -0.3 is 10.5 Å². The summed E-state index contributed by atoms with van der Waals surface area (Å²) >= 11 is 0. The van der Waals surface area contributed by atoms with Crippen molar-refractivity contribution in [3.63, 3.8) is 0 Å². The van der Waals surface area contributed by atoms with Gasteiger partial charge in [-0.3, -0.25) is 0 Å². The van der Waals surface area contributed by atoms with Crippen LogP contribution in [0.25, 0.3) is 0 Å². The van der Waals surface area contributed by atoms with Gasteiger partial charge in [-0.1, -0.05) is 32.0 Å². The Morgan fingerprint density at radius 3 is 2.33 bits per heavy atom. The van der Waals surface area contributed by atoms with E-state index in [0.717, 1.165) is 24.2 Å². The number of nitrogens with two attached hydrogens (primary N) is 1. The molecule has 1 aromatic carbocycles. The molecule has 1 rings (SSSR count). The van der Waals surface area contributed by atoms with Gasteiger partial charge in [0.15, 0.2) is 0 Å². The van der Waals surface area contributed by atoms with Gasteiger partial charge in [0, 0.05) is 11.6 Å². The van der Waals surface area contributed by atoms with Gasteiger partial charge in [0.1, 0.15) is 5.75 Å². The SMILES string of the molecule is CCC(CC)Oc1ccccc1[C@@H](C)N.